The number of carbonyl (C=O) groups is 2. The summed E-state index contributed by atoms with van der Waals surface area (Å²) in [4.78, 5) is 26.3. The van der Waals surface area contributed by atoms with Crippen molar-refractivity contribution in [2.45, 2.75) is 26.3 Å². The Bertz CT molecular complexity index is 516. The molecule has 1 fully saturated rings. The first-order chi connectivity index (χ1) is 10.1. The summed E-state index contributed by atoms with van der Waals surface area (Å²) in [6, 6.07) is 7.47. The first-order valence-corrected chi connectivity index (χ1v) is 7.46. The van der Waals surface area contributed by atoms with Gasteiger partial charge < -0.3 is 15.5 Å². The average molecular weight is 289 g/mol. The van der Waals surface area contributed by atoms with Gasteiger partial charge in [-0.2, -0.15) is 0 Å². The van der Waals surface area contributed by atoms with E-state index in [4.69, 9.17) is 0 Å². The van der Waals surface area contributed by atoms with Gasteiger partial charge in [-0.15, -0.1) is 0 Å². The Morgan fingerprint density at radius 1 is 1.38 bits per heavy atom. The number of amides is 2. The first kappa shape index (κ1) is 15.5. The number of rotatable bonds is 4. The fourth-order valence-electron chi connectivity index (χ4n) is 2.60. The van der Waals surface area contributed by atoms with E-state index in [0.717, 1.165) is 17.7 Å². The van der Waals surface area contributed by atoms with Crippen LogP contribution in [0.4, 0.5) is 0 Å². The molecule has 1 heterocycles. The highest BCUT2D eigenvalue weighted by atomic mass is 16.2. The lowest BCUT2D eigenvalue weighted by Gasteiger charge is -2.35. The van der Waals surface area contributed by atoms with Gasteiger partial charge in [0.1, 0.15) is 6.04 Å². The minimum Gasteiger partial charge on any atom is -0.355 e. The summed E-state index contributed by atoms with van der Waals surface area (Å²) in [5.41, 5.74) is 2.13. The highest BCUT2D eigenvalue weighted by molar-refractivity contribution is 5.89. The summed E-state index contributed by atoms with van der Waals surface area (Å²) in [5, 5.41) is 5.98. The molecule has 0 spiro atoms. The van der Waals surface area contributed by atoms with Crippen LogP contribution < -0.4 is 10.6 Å². The summed E-state index contributed by atoms with van der Waals surface area (Å²) < 4.78 is 0. The van der Waals surface area contributed by atoms with E-state index in [1.54, 1.807) is 4.90 Å². The Hall–Kier alpha value is -1.88. The van der Waals surface area contributed by atoms with Crippen molar-refractivity contribution < 1.29 is 9.59 Å². The van der Waals surface area contributed by atoms with Crippen LogP contribution in [0.1, 0.15) is 18.1 Å². The van der Waals surface area contributed by atoms with Crippen LogP contribution >= 0.6 is 0 Å². The fourth-order valence-corrected chi connectivity index (χ4v) is 2.60. The lowest BCUT2D eigenvalue weighted by molar-refractivity contribution is -0.141. The zero-order valence-corrected chi connectivity index (χ0v) is 12.7. The van der Waals surface area contributed by atoms with Crippen molar-refractivity contribution in [2.75, 3.05) is 26.2 Å². The molecule has 1 aliphatic heterocycles. The molecule has 0 bridgehead atoms. The summed E-state index contributed by atoms with van der Waals surface area (Å²) in [7, 11) is 0. The molecule has 0 aromatic heterocycles. The molecule has 114 valence electrons. The van der Waals surface area contributed by atoms with Gasteiger partial charge in [0, 0.05) is 26.2 Å². The maximum Gasteiger partial charge on any atom is 0.244 e. The van der Waals surface area contributed by atoms with E-state index in [2.05, 4.69) is 10.6 Å². The van der Waals surface area contributed by atoms with E-state index in [9.17, 15) is 9.59 Å². The molecule has 2 rings (SSSR count). The van der Waals surface area contributed by atoms with Gasteiger partial charge in [0.2, 0.25) is 11.8 Å². The molecule has 21 heavy (non-hydrogen) atoms. The van der Waals surface area contributed by atoms with Crippen molar-refractivity contribution in [3.8, 4) is 0 Å². The largest absolute Gasteiger partial charge is 0.355 e. The van der Waals surface area contributed by atoms with Gasteiger partial charge in [0.25, 0.3) is 0 Å². The van der Waals surface area contributed by atoms with Gasteiger partial charge in [-0.25, -0.2) is 0 Å². The molecule has 5 heteroatoms. The molecular formula is C16H23N3O2. The number of carbonyl (C=O) groups excluding carboxylic acids is 2. The topological polar surface area (TPSA) is 61.4 Å². The molecular weight excluding hydrogens is 266 g/mol. The van der Waals surface area contributed by atoms with E-state index in [-0.39, 0.29) is 11.8 Å². The van der Waals surface area contributed by atoms with Crippen LogP contribution in [0.2, 0.25) is 0 Å². The third kappa shape index (κ3) is 3.82. The maximum absolute atomic E-state index is 12.6. The number of benzene rings is 1. The number of nitrogens with one attached hydrogen (secondary N) is 2. The number of nitrogens with zero attached hydrogens (tertiary/aromatic N) is 1. The number of aryl methyl sites for hydroxylation is 1. The predicted octanol–water partition coefficient (Wildman–Crippen LogP) is 0.474. The minimum atomic E-state index is -0.407. The maximum atomic E-state index is 12.6. The summed E-state index contributed by atoms with van der Waals surface area (Å²) >= 11 is 0. The van der Waals surface area contributed by atoms with Crippen molar-refractivity contribution in [1.82, 2.24) is 15.5 Å². The third-order valence-electron chi connectivity index (χ3n) is 3.82. The fraction of sp³-hybridized carbons (Fsp3) is 0.500. The van der Waals surface area contributed by atoms with Gasteiger partial charge >= 0.3 is 0 Å². The van der Waals surface area contributed by atoms with Crippen LogP contribution in [0.15, 0.2) is 24.3 Å². The third-order valence-corrected chi connectivity index (χ3v) is 3.82. The highest BCUT2D eigenvalue weighted by Gasteiger charge is 2.31. The van der Waals surface area contributed by atoms with E-state index >= 15 is 0 Å². The van der Waals surface area contributed by atoms with Crippen molar-refractivity contribution in [1.29, 1.82) is 0 Å². The molecule has 2 N–H and O–H groups in total. The van der Waals surface area contributed by atoms with E-state index < -0.39 is 6.04 Å². The SMILES string of the molecule is CCNC(=O)C1CNCCN1C(=O)Cc1ccccc1C. The number of likely N-dealkylation sites (N-methyl/N-ethyl adjacent to an activating group) is 1. The Morgan fingerprint density at radius 2 is 2.14 bits per heavy atom. The Labute approximate surface area is 125 Å². The Kier molecular flexibility index (Phi) is 5.33. The molecule has 0 saturated carbocycles. The van der Waals surface area contributed by atoms with Crippen molar-refractivity contribution in [3.05, 3.63) is 35.4 Å². The Balaban J connectivity index is 2.08. The monoisotopic (exact) mass is 289 g/mol. The summed E-state index contributed by atoms with van der Waals surface area (Å²) in [6.07, 6.45) is 0.350. The predicted molar refractivity (Wildman–Crippen MR) is 81.9 cm³/mol. The smallest absolute Gasteiger partial charge is 0.244 e. The molecule has 1 saturated heterocycles. The second-order valence-corrected chi connectivity index (χ2v) is 5.30. The average Bonchev–Trinajstić information content (AvgIpc) is 2.50. The van der Waals surface area contributed by atoms with Gasteiger partial charge in [0.05, 0.1) is 6.42 Å². The second kappa shape index (κ2) is 7.22. The molecule has 1 atom stereocenters. The van der Waals surface area contributed by atoms with Crippen molar-refractivity contribution >= 4 is 11.8 Å². The summed E-state index contributed by atoms with van der Waals surface area (Å²) in [5.74, 6) is -0.0649. The van der Waals surface area contributed by atoms with E-state index in [1.165, 1.54) is 0 Å². The number of piperazine rings is 1. The zero-order chi connectivity index (χ0) is 15.2. The quantitative estimate of drug-likeness (QED) is 0.847. The lowest BCUT2D eigenvalue weighted by atomic mass is 10.0. The molecule has 1 aromatic carbocycles. The van der Waals surface area contributed by atoms with Gasteiger partial charge in [-0.1, -0.05) is 24.3 Å². The minimum absolute atomic E-state index is 0.0158. The molecule has 1 aromatic rings. The van der Waals surface area contributed by atoms with Crippen molar-refractivity contribution in [2.24, 2.45) is 0 Å². The van der Waals surface area contributed by atoms with Crippen LogP contribution in [-0.2, 0) is 16.0 Å². The van der Waals surface area contributed by atoms with Crippen LogP contribution in [0, 0.1) is 6.92 Å². The molecule has 1 aliphatic rings. The Morgan fingerprint density at radius 3 is 2.86 bits per heavy atom. The molecule has 1 unspecified atom stereocenters. The summed E-state index contributed by atoms with van der Waals surface area (Å²) in [6.45, 7) is 6.29. The van der Waals surface area contributed by atoms with Crippen molar-refractivity contribution in [3.63, 3.8) is 0 Å². The number of hydrogen-bond donors (Lipinski definition) is 2. The molecule has 2 amide bonds. The first-order valence-electron chi connectivity index (χ1n) is 7.46. The number of hydrogen-bond acceptors (Lipinski definition) is 3. The van der Waals surface area contributed by atoms with Crippen LogP contribution in [0.25, 0.3) is 0 Å². The molecule has 5 nitrogen and oxygen atoms in total. The standard InChI is InChI=1S/C16H23N3O2/c1-3-18-16(21)14-11-17-8-9-19(14)15(20)10-13-7-5-4-6-12(13)2/h4-7,14,17H,3,8-11H2,1-2H3,(H,18,21). The van der Waals surface area contributed by atoms with E-state index in [1.807, 2.05) is 38.1 Å². The van der Waals surface area contributed by atoms with E-state index in [0.29, 0.717) is 26.1 Å². The molecule has 0 radical (unpaired) electrons. The van der Waals surface area contributed by atoms with Crippen LogP contribution in [0.3, 0.4) is 0 Å². The lowest BCUT2D eigenvalue weighted by Crippen LogP contribution is -2.59. The van der Waals surface area contributed by atoms with Gasteiger partial charge in [0.15, 0.2) is 0 Å². The highest BCUT2D eigenvalue weighted by Crippen LogP contribution is 2.12. The van der Waals surface area contributed by atoms with Gasteiger partial charge in [-0.3, -0.25) is 9.59 Å². The normalized spacial score (nSPS) is 18.4. The van der Waals surface area contributed by atoms with Gasteiger partial charge in [-0.05, 0) is 25.0 Å². The second-order valence-electron chi connectivity index (χ2n) is 5.30. The van der Waals surface area contributed by atoms with Crippen LogP contribution in [0.5, 0.6) is 0 Å². The zero-order valence-electron chi connectivity index (χ0n) is 12.7. The van der Waals surface area contributed by atoms with Crippen LogP contribution in [-0.4, -0.2) is 48.9 Å². The molecule has 0 aliphatic carbocycles.